The molecule has 0 spiro atoms. The molecule has 30 heavy (non-hydrogen) atoms. The van der Waals surface area contributed by atoms with Gasteiger partial charge in [0.05, 0.1) is 6.61 Å². The van der Waals surface area contributed by atoms with E-state index in [0.717, 1.165) is 38.0 Å². The smallest absolute Gasteiger partial charge is 0.330 e. The zero-order valence-electron chi connectivity index (χ0n) is 17.5. The molecule has 1 heterocycles. The van der Waals surface area contributed by atoms with Crippen LogP contribution < -0.4 is 5.32 Å². The molecule has 0 aliphatic carbocycles. The number of nitrogens with one attached hydrogen (secondary N) is 1. The maximum Gasteiger partial charge on any atom is 0.330 e. The summed E-state index contributed by atoms with van der Waals surface area (Å²) in [5.74, 6) is 0.0481. The third-order valence-electron chi connectivity index (χ3n) is 5.35. The van der Waals surface area contributed by atoms with Crippen LogP contribution in [0.25, 0.3) is 6.08 Å². The van der Waals surface area contributed by atoms with E-state index >= 15 is 0 Å². The molecular weight excluding hydrogens is 376 g/mol. The Hall–Kier alpha value is -2.92. The Bertz CT molecular complexity index is 856. The van der Waals surface area contributed by atoms with Crippen molar-refractivity contribution in [2.75, 3.05) is 26.2 Å². The summed E-state index contributed by atoms with van der Waals surface area (Å²) in [4.78, 5) is 26.5. The Balaban J connectivity index is 1.44. The first kappa shape index (κ1) is 21.8. The molecule has 0 bridgehead atoms. The van der Waals surface area contributed by atoms with Crippen molar-refractivity contribution in [3.8, 4) is 0 Å². The number of carbonyl (C=O) groups excluding carboxylic acids is 2. The van der Waals surface area contributed by atoms with Crippen LogP contribution in [-0.4, -0.2) is 43.0 Å². The number of likely N-dealkylation sites (tertiary alicyclic amines) is 1. The van der Waals surface area contributed by atoms with Crippen LogP contribution in [0.3, 0.4) is 0 Å². The topological polar surface area (TPSA) is 58.6 Å². The van der Waals surface area contributed by atoms with Gasteiger partial charge in [-0.05, 0) is 68.1 Å². The zero-order valence-corrected chi connectivity index (χ0v) is 17.5. The highest BCUT2D eigenvalue weighted by Gasteiger charge is 2.20. The zero-order chi connectivity index (χ0) is 21.2. The van der Waals surface area contributed by atoms with E-state index in [9.17, 15) is 9.59 Å². The number of ether oxygens (including phenoxy) is 1. The Morgan fingerprint density at radius 1 is 1.10 bits per heavy atom. The van der Waals surface area contributed by atoms with Crippen molar-refractivity contribution < 1.29 is 14.3 Å². The fourth-order valence-electron chi connectivity index (χ4n) is 3.67. The van der Waals surface area contributed by atoms with Gasteiger partial charge in [-0.15, -0.1) is 0 Å². The minimum Gasteiger partial charge on any atom is -0.463 e. The van der Waals surface area contributed by atoms with Gasteiger partial charge in [0.1, 0.15) is 0 Å². The highest BCUT2D eigenvalue weighted by Crippen LogP contribution is 2.18. The lowest BCUT2D eigenvalue weighted by Crippen LogP contribution is -2.38. The predicted molar refractivity (Wildman–Crippen MR) is 119 cm³/mol. The summed E-state index contributed by atoms with van der Waals surface area (Å²) >= 11 is 0. The van der Waals surface area contributed by atoms with Crippen LogP contribution in [0.2, 0.25) is 0 Å². The lowest BCUT2D eigenvalue weighted by atomic mass is 9.96. The first-order valence-electron chi connectivity index (χ1n) is 10.6. The van der Waals surface area contributed by atoms with Crippen molar-refractivity contribution in [1.29, 1.82) is 0 Å². The fraction of sp³-hybridized carbons (Fsp3) is 0.360. The first-order valence-corrected chi connectivity index (χ1v) is 10.6. The van der Waals surface area contributed by atoms with E-state index in [1.807, 2.05) is 18.2 Å². The van der Waals surface area contributed by atoms with Crippen LogP contribution in [0.15, 0.2) is 60.7 Å². The second-order valence-corrected chi connectivity index (χ2v) is 7.63. The van der Waals surface area contributed by atoms with Gasteiger partial charge < -0.3 is 10.1 Å². The molecule has 1 fully saturated rings. The molecule has 0 aromatic heterocycles. The SMILES string of the molecule is CCOC(=O)/C=C/c1cccc(C(=O)NCC2CCN(Cc3ccccc3)CC2)c1. The van der Waals surface area contributed by atoms with E-state index in [2.05, 4.69) is 34.5 Å². The largest absolute Gasteiger partial charge is 0.463 e. The fourth-order valence-corrected chi connectivity index (χ4v) is 3.67. The summed E-state index contributed by atoms with van der Waals surface area (Å²) in [6, 6.07) is 17.8. The van der Waals surface area contributed by atoms with Crippen molar-refractivity contribution in [2.45, 2.75) is 26.3 Å². The van der Waals surface area contributed by atoms with E-state index in [1.54, 1.807) is 25.1 Å². The number of amides is 1. The minimum atomic E-state index is -0.383. The molecule has 1 N–H and O–H groups in total. The first-order chi connectivity index (χ1) is 14.6. The molecule has 3 rings (SSSR count). The molecule has 5 nitrogen and oxygen atoms in total. The van der Waals surface area contributed by atoms with Gasteiger partial charge in [-0.2, -0.15) is 0 Å². The summed E-state index contributed by atoms with van der Waals surface area (Å²) < 4.78 is 4.88. The van der Waals surface area contributed by atoms with Gasteiger partial charge in [-0.3, -0.25) is 9.69 Å². The van der Waals surface area contributed by atoms with E-state index in [0.29, 0.717) is 24.6 Å². The van der Waals surface area contributed by atoms with Crippen molar-refractivity contribution in [3.05, 3.63) is 77.4 Å². The minimum absolute atomic E-state index is 0.0758. The predicted octanol–water partition coefficient (Wildman–Crippen LogP) is 3.90. The van der Waals surface area contributed by atoms with Crippen molar-refractivity contribution in [1.82, 2.24) is 10.2 Å². The summed E-state index contributed by atoms with van der Waals surface area (Å²) in [6.07, 6.45) is 5.23. The second kappa shape index (κ2) is 11.3. The third-order valence-corrected chi connectivity index (χ3v) is 5.35. The molecule has 2 aromatic carbocycles. The van der Waals surface area contributed by atoms with Gasteiger partial charge >= 0.3 is 5.97 Å². The number of hydrogen-bond acceptors (Lipinski definition) is 4. The van der Waals surface area contributed by atoms with Crippen LogP contribution in [0, 0.1) is 5.92 Å². The summed E-state index contributed by atoms with van der Waals surface area (Å²) in [6.45, 7) is 5.92. The quantitative estimate of drug-likeness (QED) is 0.534. The number of esters is 1. The molecule has 0 unspecified atom stereocenters. The van der Waals surface area contributed by atoms with Gasteiger partial charge in [-0.25, -0.2) is 4.79 Å². The number of benzene rings is 2. The van der Waals surface area contributed by atoms with E-state index in [4.69, 9.17) is 4.74 Å². The number of carbonyl (C=O) groups is 2. The molecule has 0 atom stereocenters. The molecule has 1 aliphatic heterocycles. The molecule has 2 aromatic rings. The average molecular weight is 407 g/mol. The molecule has 5 heteroatoms. The number of rotatable bonds is 8. The van der Waals surface area contributed by atoms with Gasteiger partial charge in [0.2, 0.25) is 0 Å². The van der Waals surface area contributed by atoms with Crippen LogP contribution in [0.4, 0.5) is 0 Å². The lowest BCUT2D eigenvalue weighted by molar-refractivity contribution is -0.137. The normalized spacial score (nSPS) is 15.2. The Labute approximate surface area is 178 Å². The molecule has 1 amide bonds. The van der Waals surface area contributed by atoms with Crippen LogP contribution >= 0.6 is 0 Å². The monoisotopic (exact) mass is 406 g/mol. The molecule has 0 radical (unpaired) electrons. The van der Waals surface area contributed by atoms with E-state index in [1.165, 1.54) is 11.6 Å². The number of nitrogens with zero attached hydrogens (tertiary/aromatic N) is 1. The molecule has 0 saturated carbocycles. The Kier molecular flexibility index (Phi) is 8.21. The van der Waals surface area contributed by atoms with Gasteiger partial charge in [-0.1, -0.05) is 42.5 Å². The second-order valence-electron chi connectivity index (χ2n) is 7.63. The van der Waals surface area contributed by atoms with Crippen molar-refractivity contribution in [3.63, 3.8) is 0 Å². The maximum absolute atomic E-state index is 12.5. The van der Waals surface area contributed by atoms with Gasteiger partial charge in [0.15, 0.2) is 0 Å². The third kappa shape index (κ3) is 6.85. The molecule has 1 saturated heterocycles. The number of hydrogen-bond donors (Lipinski definition) is 1. The average Bonchev–Trinajstić information content (AvgIpc) is 2.78. The van der Waals surface area contributed by atoms with Gasteiger partial charge in [0, 0.05) is 24.7 Å². The van der Waals surface area contributed by atoms with Crippen LogP contribution in [0.1, 0.15) is 41.3 Å². The van der Waals surface area contributed by atoms with Crippen molar-refractivity contribution >= 4 is 18.0 Å². The standard InChI is InChI=1S/C25H30N2O3/c1-2-30-24(28)12-11-20-9-6-10-23(17-20)25(29)26-18-21-13-15-27(16-14-21)19-22-7-4-3-5-8-22/h3-12,17,21H,2,13-16,18-19H2,1H3,(H,26,29)/b12-11+. The Morgan fingerprint density at radius 2 is 1.87 bits per heavy atom. The lowest BCUT2D eigenvalue weighted by Gasteiger charge is -2.32. The Morgan fingerprint density at radius 3 is 2.60 bits per heavy atom. The van der Waals surface area contributed by atoms with Gasteiger partial charge in [0.25, 0.3) is 5.91 Å². The highest BCUT2D eigenvalue weighted by molar-refractivity contribution is 5.95. The van der Waals surface area contributed by atoms with E-state index in [-0.39, 0.29) is 11.9 Å². The summed E-state index contributed by atoms with van der Waals surface area (Å²) in [5.41, 5.74) is 2.74. The van der Waals surface area contributed by atoms with Crippen LogP contribution in [-0.2, 0) is 16.1 Å². The number of piperidine rings is 1. The van der Waals surface area contributed by atoms with E-state index < -0.39 is 0 Å². The molecule has 1 aliphatic rings. The van der Waals surface area contributed by atoms with Crippen molar-refractivity contribution in [2.24, 2.45) is 5.92 Å². The molecule has 158 valence electrons. The summed E-state index contributed by atoms with van der Waals surface area (Å²) in [7, 11) is 0. The summed E-state index contributed by atoms with van der Waals surface area (Å²) in [5, 5.41) is 3.07. The molecular formula is C25H30N2O3. The van der Waals surface area contributed by atoms with Crippen LogP contribution in [0.5, 0.6) is 0 Å². The maximum atomic E-state index is 12.5. The highest BCUT2D eigenvalue weighted by atomic mass is 16.5.